The Hall–Kier alpha value is -1.55. The van der Waals surface area contributed by atoms with Crippen molar-refractivity contribution >= 4 is 0 Å². The molecule has 0 saturated heterocycles. The zero-order chi connectivity index (χ0) is 12.3. The van der Waals surface area contributed by atoms with Crippen LogP contribution in [-0.2, 0) is 7.05 Å². The van der Waals surface area contributed by atoms with Gasteiger partial charge in [0.15, 0.2) is 0 Å². The number of aromatic nitrogens is 2. The van der Waals surface area contributed by atoms with Gasteiger partial charge in [-0.15, -0.1) is 0 Å². The van der Waals surface area contributed by atoms with Crippen LogP contribution in [0.2, 0.25) is 0 Å². The Kier molecular flexibility index (Phi) is 3.64. The second-order valence-corrected chi connectivity index (χ2v) is 4.21. The van der Waals surface area contributed by atoms with Gasteiger partial charge in [0.2, 0.25) is 0 Å². The van der Waals surface area contributed by atoms with Crippen LogP contribution in [0.3, 0.4) is 0 Å². The summed E-state index contributed by atoms with van der Waals surface area (Å²) in [5.41, 5.74) is 2.34. The van der Waals surface area contributed by atoms with E-state index in [0.717, 1.165) is 24.4 Å². The number of rotatable bonds is 5. The van der Waals surface area contributed by atoms with Crippen LogP contribution in [0.4, 0.5) is 0 Å². The normalized spacial score (nSPS) is 12.9. The molecule has 2 aromatic rings. The minimum atomic E-state index is 0.0960. The molecule has 0 fully saturated rings. The largest absolute Gasteiger partial charge is 0.467 e. The number of nitrogens with zero attached hydrogens (tertiary/aromatic N) is 2. The molecule has 0 bridgehead atoms. The predicted molar refractivity (Wildman–Crippen MR) is 66.8 cm³/mol. The minimum Gasteiger partial charge on any atom is -0.467 e. The van der Waals surface area contributed by atoms with Crippen LogP contribution in [0, 0.1) is 6.92 Å². The van der Waals surface area contributed by atoms with Gasteiger partial charge in [-0.2, -0.15) is 5.10 Å². The molecule has 2 rings (SSSR count). The van der Waals surface area contributed by atoms with Gasteiger partial charge < -0.3 is 9.73 Å². The average molecular weight is 233 g/mol. The van der Waals surface area contributed by atoms with Crippen LogP contribution < -0.4 is 5.32 Å². The summed E-state index contributed by atoms with van der Waals surface area (Å²) in [5.74, 6) is 0.939. The van der Waals surface area contributed by atoms with E-state index >= 15 is 0 Å². The van der Waals surface area contributed by atoms with Gasteiger partial charge >= 0.3 is 0 Å². The lowest BCUT2D eigenvalue weighted by atomic mass is 10.1. The van der Waals surface area contributed by atoms with Gasteiger partial charge in [0, 0.05) is 18.3 Å². The van der Waals surface area contributed by atoms with Crippen molar-refractivity contribution < 1.29 is 4.42 Å². The van der Waals surface area contributed by atoms with Crippen molar-refractivity contribution in [2.45, 2.75) is 26.3 Å². The molecule has 2 aromatic heterocycles. The predicted octanol–water partition coefficient (Wildman–Crippen LogP) is 2.41. The summed E-state index contributed by atoms with van der Waals surface area (Å²) in [6, 6.07) is 4.01. The fourth-order valence-electron chi connectivity index (χ4n) is 1.91. The molecule has 0 aliphatic rings. The summed E-state index contributed by atoms with van der Waals surface area (Å²) in [5, 5.41) is 7.79. The van der Waals surface area contributed by atoms with E-state index in [4.69, 9.17) is 4.42 Å². The lowest BCUT2D eigenvalue weighted by Crippen LogP contribution is -2.23. The van der Waals surface area contributed by atoms with Crippen molar-refractivity contribution in [1.29, 1.82) is 0 Å². The standard InChI is InChI=1S/C13H19N3O/c1-4-7-14-13(12-6-5-8-17-12)11-9-15-16(3)10(11)2/h5-6,8-9,13-14H,4,7H2,1-3H3. The van der Waals surface area contributed by atoms with E-state index in [-0.39, 0.29) is 6.04 Å². The molecule has 0 spiro atoms. The van der Waals surface area contributed by atoms with Gasteiger partial charge in [0.1, 0.15) is 5.76 Å². The van der Waals surface area contributed by atoms with Crippen LogP contribution in [0.15, 0.2) is 29.0 Å². The zero-order valence-corrected chi connectivity index (χ0v) is 10.6. The summed E-state index contributed by atoms with van der Waals surface area (Å²) < 4.78 is 7.40. The second-order valence-electron chi connectivity index (χ2n) is 4.21. The molecular formula is C13H19N3O. The Morgan fingerprint density at radius 1 is 1.53 bits per heavy atom. The van der Waals surface area contributed by atoms with Crippen LogP contribution in [0.1, 0.15) is 36.4 Å². The SMILES string of the molecule is CCCNC(c1ccco1)c1cnn(C)c1C. The number of aryl methyl sites for hydroxylation is 1. The Morgan fingerprint density at radius 2 is 2.35 bits per heavy atom. The molecular weight excluding hydrogens is 214 g/mol. The topological polar surface area (TPSA) is 43.0 Å². The van der Waals surface area contributed by atoms with Crippen LogP contribution >= 0.6 is 0 Å². The summed E-state index contributed by atoms with van der Waals surface area (Å²) in [6.07, 6.45) is 4.71. The van der Waals surface area contributed by atoms with E-state index < -0.39 is 0 Å². The maximum atomic E-state index is 5.51. The van der Waals surface area contributed by atoms with Crippen LogP contribution in [0.5, 0.6) is 0 Å². The molecule has 17 heavy (non-hydrogen) atoms. The highest BCUT2D eigenvalue weighted by atomic mass is 16.3. The summed E-state index contributed by atoms with van der Waals surface area (Å²) in [7, 11) is 1.96. The number of furan rings is 1. The molecule has 0 radical (unpaired) electrons. The molecule has 1 N–H and O–H groups in total. The maximum absolute atomic E-state index is 5.51. The lowest BCUT2D eigenvalue weighted by molar-refractivity contribution is 0.445. The van der Waals surface area contributed by atoms with Crippen molar-refractivity contribution in [3.63, 3.8) is 0 Å². The molecule has 0 saturated carbocycles. The molecule has 92 valence electrons. The van der Waals surface area contributed by atoms with Gasteiger partial charge in [-0.3, -0.25) is 4.68 Å². The minimum absolute atomic E-state index is 0.0960. The summed E-state index contributed by atoms with van der Waals surface area (Å²) >= 11 is 0. The third kappa shape index (κ3) is 2.42. The first kappa shape index (κ1) is 11.9. The molecule has 2 heterocycles. The second kappa shape index (κ2) is 5.19. The fraction of sp³-hybridized carbons (Fsp3) is 0.462. The van der Waals surface area contributed by atoms with Gasteiger partial charge in [-0.25, -0.2) is 0 Å². The van der Waals surface area contributed by atoms with Crippen LogP contribution in [0.25, 0.3) is 0 Å². The fourth-order valence-corrected chi connectivity index (χ4v) is 1.91. The smallest absolute Gasteiger partial charge is 0.125 e. The Labute approximate surface area is 102 Å². The first-order valence-corrected chi connectivity index (χ1v) is 5.99. The van der Waals surface area contributed by atoms with E-state index in [2.05, 4.69) is 24.3 Å². The first-order valence-electron chi connectivity index (χ1n) is 5.99. The maximum Gasteiger partial charge on any atom is 0.125 e. The number of nitrogens with one attached hydrogen (secondary N) is 1. The molecule has 0 aromatic carbocycles. The Balaban J connectivity index is 2.30. The molecule has 4 heteroatoms. The van der Waals surface area contributed by atoms with Crippen molar-refractivity contribution in [1.82, 2.24) is 15.1 Å². The van der Waals surface area contributed by atoms with Crippen LogP contribution in [-0.4, -0.2) is 16.3 Å². The zero-order valence-electron chi connectivity index (χ0n) is 10.6. The van der Waals surface area contributed by atoms with E-state index in [0.29, 0.717) is 0 Å². The number of hydrogen-bond acceptors (Lipinski definition) is 3. The molecule has 0 aliphatic carbocycles. The lowest BCUT2D eigenvalue weighted by Gasteiger charge is -2.16. The highest BCUT2D eigenvalue weighted by Gasteiger charge is 2.20. The van der Waals surface area contributed by atoms with Crippen molar-refractivity contribution in [3.8, 4) is 0 Å². The summed E-state index contributed by atoms with van der Waals surface area (Å²) in [4.78, 5) is 0. The Morgan fingerprint density at radius 3 is 2.88 bits per heavy atom. The van der Waals surface area contributed by atoms with E-state index in [9.17, 15) is 0 Å². The van der Waals surface area contributed by atoms with E-state index in [1.807, 2.05) is 30.1 Å². The monoisotopic (exact) mass is 233 g/mol. The van der Waals surface area contributed by atoms with Gasteiger partial charge in [0.05, 0.1) is 18.5 Å². The van der Waals surface area contributed by atoms with Crippen molar-refractivity contribution in [2.24, 2.45) is 7.05 Å². The van der Waals surface area contributed by atoms with E-state index in [1.54, 1.807) is 6.26 Å². The number of hydrogen-bond donors (Lipinski definition) is 1. The van der Waals surface area contributed by atoms with E-state index in [1.165, 1.54) is 5.56 Å². The van der Waals surface area contributed by atoms with Crippen molar-refractivity contribution in [2.75, 3.05) is 6.54 Å². The first-order chi connectivity index (χ1) is 8.24. The van der Waals surface area contributed by atoms with Gasteiger partial charge in [-0.05, 0) is 32.0 Å². The average Bonchev–Trinajstić information content (AvgIpc) is 2.94. The highest BCUT2D eigenvalue weighted by molar-refractivity contribution is 5.27. The molecule has 4 nitrogen and oxygen atoms in total. The van der Waals surface area contributed by atoms with Crippen molar-refractivity contribution in [3.05, 3.63) is 41.6 Å². The summed E-state index contributed by atoms with van der Waals surface area (Å²) in [6.45, 7) is 5.19. The van der Waals surface area contributed by atoms with Gasteiger partial charge in [-0.1, -0.05) is 6.92 Å². The molecule has 0 aliphatic heterocycles. The quantitative estimate of drug-likeness (QED) is 0.862. The van der Waals surface area contributed by atoms with Gasteiger partial charge in [0.25, 0.3) is 0 Å². The molecule has 1 atom stereocenters. The third-order valence-electron chi connectivity index (χ3n) is 3.01. The Bertz CT molecular complexity index is 459. The molecule has 0 amide bonds. The third-order valence-corrected chi connectivity index (χ3v) is 3.01. The highest BCUT2D eigenvalue weighted by Crippen LogP contribution is 2.24. The molecule has 1 unspecified atom stereocenters.